The third kappa shape index (κ3) is 4.96. The highest BCUT2D eigenvalue weighted by atomic mass is 32.2. The van der Waals surface area contributed by atoms with Gasteiger partial charge in [0.15, 0.2) is 0 Å². The molecule has 2 aromatic rings. The highest BCUT2D eigenvalue weighted by Gasteiger charge is 2.20. The highest BCUT2D eigenvalue weighted by Crippen LogP contribution is 2.21. The van der Waals surface area contributed by atoms with Crippen molar-refractivity contribution in [3.05, 3.63) is 54.1 Å². The maximum absolute atomic E-state index is 12.5. The fraction of sp³-hybridized carbons (Fsp3) is 0.294. The Hall–Kier alpha value is -2.10. The van der Waals surface area contributed by atoms with Crippen LogP contribution < -0.4 is 13.8 Å². The Morgan fingerprint density at radius 3 is 2.23 bits per heavy atom. The number of anilines is 1. The van der Waals surface area contributed by atoms with Crippen LogP contribution in [0.4, 0.5) is 5.69 Å². The van der Waals surface area contributed by atoms with Gasteiger partial charge in [0.25, 0.3) is 0 Å². The molecular weight excluding hydrogens is 376 g/mol. The van der Waals surface area contributed by atoms with Gasteiger partial charge in [-0.1, -0.05) is 18.2 Å². The Morgan fingerprint density at radius 1 is 1.04 bits per heavy atom. The first kappa shape index (κ1) is 20.2. The molecule has 0 atom stereocenters. The van der Waals surface area contributed by atoms with Gasteiger partial charge in [-0.25, -0.2) is 21.6 Å². The minimum absolute atomic E-state index is 0.0166. The van der Waals surface area contributed by atoms with E-state index < -0.39 is 20.0 Å². The number of ether oxygens (including phenoxy) is 1. The molecule has 0 aromatic heterocycles. The van der Waals surface area contributed by atoms with Crippen LogP contribution in [0.1, 0.15) is 5.56 Å². The van der Waals surface area contributed by atoms with E-state index in [0.29, 0.717) is 17.0 Å². The summed E-state index contributed by atoms with van der Waals surface area (Å²) in [5.41, 5.74) is 1.02. The fourth-order valence-electron chi connectivity index (χ4n) is 2.49. The van der Waals surface area contributed by atoms with Gasteiger partial charge >= 0.3 is 0 Å². The van der Waals surface area contributed by atoms with Gasteiger partial charge < -0.3 is 4.74 Å². The van der Waals surface area contributed by atoms with Crippen LogP contribution in [-0.4, -0.2) is 43.3 Å². The third-order valence-electron chi connectivity index (χ3n) is 3.72. The van der Waals surface area contributed by atoms with Gasteiger partial charge in [-0.3, -0.25) is 4.31 Å². The molecular formula is C17H22N2O5S2. The standard InChI is InChI=1S/C17H22N2O5S2/c1-14-13-16(24-2)9-10-17(14)26(22,23)18-11-12-19(25(3,20)21)15-7-5-4-6-8-15/h4-10,13,18H,11-12H2,1-3H3. The molecule has 0 fully saturated rings. The second kappa shape index (κ2) is 8.07. The zero-order valence-corrected chi connectivity index (χ0v) is 16.5. The molecule has 0 saturated heterocycles. The van der Waals surface area contributed by atoms with Crippen molar-refractivity contribution in [2.45, 2.75) is 11.8 Å². The molecule has 26 heavy (non-hydrogen) atoms. The van der Waals surface area contributed by atoms with E-state index in [-0.39, 0.29) is 18.0 Å². The molecule has 0 heterocycles. The van der Waals surface area contributed by atoms with E-state index in [1.54, 1.807) is 49.4 Å². The molecule has 142 valence electrons. The molecule has 9 heteroatoms. The summed E-state index contributed by atoms with van der Waals surface area (Å²) >= 11 is 0. The van der Waals surface area contributed by atoms with Gasteiger partial charge in [0.2, 0.25) is 20.0 Å². The van der Waals surface area contributed by atoms with Gasteiger partial charge in [0.1, 0.15) is 5.75 Å². The maximum atomic E-state index is 12.5. The normalized spacial score (nSPS) is 12.0. The minimum atomic E-state index is -3.77. The van der Waals surface area contributed by atoms with Crippen LogP contribution in [-0.2, 0) is 20.0 Å². The van der Waals surface area contributed by atoms with Crippen molar-refractivity contribution in [3.8, 4) is 5.75 Å². The molecule has 0 bridgehead atoms. The largest absolute Gasteiger partial charge is 0.497 e. The molecule has 1 N–H and O–H groups in total. The van der Waals surface area contributed by atoms with Crippen molar-refractivity contribution in [2.24, 2.45) is 0 Å². The van der Waals surface area contributed by atoms with Crippen LogP contribution in [0.25, 0.3) is 0 Å². The molecule has 0 aliphatic rings. The smallest absolute Gasteiger partial charge is 0.240 e. The average molecular weight is 399 g/mol. The van der Waals surface area contributed by atoms with E-state index in [2.05, 4.69) is 4.72 Å². The number of sulfonamides is 2. The van der Waals surface area contributed by atoms with Gasteiger partial charge in [-0.05, 0) is 42.8 Å². The molecule has 0 spiro atoms. The molecule has 0 saturated carbocycles. The first-order valence-corrected chi connectivity index (χ1v) is 11.2. The zero-order chi connectivity index (χ0) is 19.4. The summed E-state index contributed by atoms with van der Waals surface area (Å²) in [6.45, 7) is 1.59. The van der Waals surface area contributed by atoms with Gasteiger partial charge in [-0.15, -0.1) is 0 Å². The van der Waals surface area contributed by atoms with Crippen molar-refractivity contribution < 1.29 is 21.6 Å². The van der Waals surface area contributed by atoms with Crippen molar-refractivity contribution in [3.63, 3.8) is 0 Å². The van der Waals surface area contributed by atoms with E-state index in [4.69, 9.17) is 4.74 Å². The number of nitrogens with zero attached hydrogens (tertiary/aromatic N) is 1. The quantitative estimate of drug-likeness (QED) is 0.731. The van der Waals surface area contributed by atoms with Gasteiger partial charge in [0, 0.05) is 13.1 Å². The lowest BCUT2D eigenvalue weighted by molar-refractivity contribution is 0.414. The fourth-order valence-corrected chi connectivity index (χ4v) is 4.66. The Morgan fingerprint density at radius 2 is 1.69 bits per heavy atom. The lowest BCUT2D eigenvalue weighted by Crippen LogP contribution is -2.38. The first-order chi connectivity index (χ1) is 12.1. The third-order valence-corrected chi connectivity index (χ3v) is 6.54. The van der Waals surface area contributed by atoms with Crippen molar-refractivity contribution in [2.75, 3.05) is 30.8 Å². The van der Waals surface area contributed by atoms with Crippen LogP contribution in [0, 0.1) is 6.92 Å². The van der Waals surface area contributed by atoms with Gasteiger partial charge in [0.05, 0.1) is 23.9 Å². The number of benzene rings is 2. The molecule has 7 nitrogen and oxygen atoms in total. The average Bonchev–Trinajstić information content (AvgIpc) is 2.58. The predicted molar refractivity (Wildman–Crippen MR) is 102 cm³/mol. The van der Waals surface area contributed by atoms with Crippen molar-refractivity contribution in [1.29, 1.82) is 0 Å². The van der Waals surface area contributed by atoms with E-state index in [0.717, 1.165) is 10.6 Å². The van der Waals surface area contributed by atoms with Crippen LogP contribution in [0.3, 0.4) is 0 Å². The number of para-hydroxylation sites is 1. The Labute approximate surface area is 154 Å². The number of aryl methyl sites for hydroxylation is 1. The van der Waals surface area contributed by atoms with E-state index in [9.17, 15) is 16.8 Å². The van der Waals surface area contributed by atoms with Crippen LogP contribution >= 0.6 is 0 Å². The molecule has 2 aromatic carbocycles. The van der Waals surface area contributed by atoms with Crippen molar-refractivity contribution >= 4 is 25.7 Å². The summed E-state index contributed by atoms with van der Waals surface area (Å²) in [7, 11) is -5.80. The summed E-state index contributed by atoms with van der Waals surface area (Å²) in [6.07, 6.45) is 1.09. The zero-order valence-electron chi connectivity index (χ0n) is 14.8. The first-order valence-electron chi connectivity index (χ1n) is 7.82. The predicted octanol–water partition coefficient (Wildman–Crippen LogP) is 1.75. The lowest BCUT2D eigenvalue weighted by atomic mass is 10.2. The SMILES string of the molecule is COc1ccc(S(=O)(=O)NCCN(c2ccccc2)S(C)(=O)=O)c(C)c1. The topological polar surface area (TPSA) is 92.8 Å². The minimum Gasteiger partial charge on any atom is -0.497 e. The van der Waals surface area contributed by atoms with Crippen molar-refractivity contribution in [1.82, 2.24) is 4.72 Å². The number of hydrogen-bond acceptors (Lipinski definition) is 5. The lowest BCUT2D eigenvalue weighted by Gasteiger charge is -2.22. The van der Waals surface area contributed by atoms with E-state index in [1.807, 2.05) is 0 Å². The maximum Gasteiger partial charge on any atom is 0.240 e. The van der Waals surface area contributed by atoms with E-state index in [1.165, 1.54) is 13.2 Å². The van der Waals surface area contributed by atoms with E-state index >= 15 is 0 Å². The number of methoxy groups -OCH3 is 1. The second-order valence-corrected chi connectivity index (χ2v) is 9.34. The molecule has 0 radical (unpaired) electrons. The number of hydrogen-bond donors (Lipinski definition) is 1. The van der Waals surface area contributed by atoms with Crippen LogP contribution in [0.2, 0.25) is 0 Å². The monoisotopic (exact) mass is 398 g/mol. The van der Waals surface area contributed by atoms with Crippen LogP contribution in [0.15, 0.2) is 53.4 Å². The Balaban J connectivity index is 2.14. The molecule has 0 unspecified atom stereocenters. The van der Waals surface area contributed by atoms with Gasteiger partial charge in [-0.2, -0.15) is 0 Å². The number of nitrogens with one attached hydrogen (secondary N) is 1. The Kier molecular flexibility index (Phi) is 6.27. The number of rotatable bonds is 8. The molecule has 0 amide bonds. The molecule has 0 aliphatic carbocycles. The Bertz CT molecular complexity index is 958. The second-order valence-electron chi connectivity index (χ2n) is 5.70. The summed E-state index contributed by atoms with van der Waals surface area (Å²) in [4.78, 5) is 0.129. The summed E-state index contributed by atoms with van der Waals surface area (Å²) in [5, 5.41) is 0. The summed E-state index contributed by atoms with van der Waals surface area (Å²) < 4.78 is 57.7. The molecule has 0 aliphatic heterocycles. The molecule has 2 rings (SSSR count). The van der Waals surface area contributed by atoms with Crippen LogP contribution in [0.5, 0.6) is 5.75 Å². The summed E-state index contributed by atoms with van der Waals surface area (Å²) in [5.74, 6) is 0.564. The summed E-state index contributed by atoms with van der Waals surface area (Å²) in [6, 6.07) is 13.2. The highest BCUT2D eigenvalue weighted by molar-refractivity contribution is 7.92.